The van der Waals surface area contributed by atoms with Gasteiger partial charge in [0.2, 0.25) is 11.5 Å². The van der Waals surface area contributed by atoms with Gasteiger partial charge in [-0.05, 0) is 41.7 Å². The summed E-state index contributed by atoms with van der Waals surface area (Å²) < 4.78 is 21.2. The van der Waals surface area contributed by atoms with Crippen molar-refractivity contribution in [3.63, 3.8) is 0 Å². The molecular weight excluding hydrogens is 396 g/mol. The summed E-state index contributed by atoms with van der Waals surface area (Å²) in [5.74, 6) is 0.520. The van der Waals surface area contributed by atoms with E-state index in [0.717, 1.165) is 5.56 Å². The number of hydrogen-bond acceptors (Lipinski definition) is 6. The second kappa shape index (κ2) is 10.2. The first-order valence-electron chi connectivity index (χ1n) is 9.94. The molecule has 0 amide bonds. The lowest BCUT2D eigenvalue weighted by Crippen LogP contribution is -2.23. The highest BCUT2D eigenvalue weighted by atomic mass is 16.5. The molecule has 31 heavy (non-hydrogen) atoms. The number of rotatable bonds is 8. The van der Waals surface area contributed by atoms with E-state index in [1.807, 2.05) is 12.1 Å². The van der Waals surface area contributed by atoms with Crippen LogP contribution >= 0.6 is 0 Å². The highest BCUT2D eigenvalue weighted by molar-refractivity contribution is 6.01. The predicted octanol–water partition coefficient (Wildman–Crippen LogP) is 4.84. The number of carbonyl (C=O) groups excluding carboxylic acids is 2. The smallest absolute Gasteiger partial charge is 0.331 e. The number of ketones is 1. The molecule has 166 valence electrons. The molecule has 6 heteroatoms. The molecule has 0 N–H and O–H groups in total. The average molecular weight is 427 g/mol. The van der Waals surface area contributed by atoms with Crippen molar-refractivity contribution in [2.45, 2.75) is 39.2 Å². The average Bonchev–Trinajstić information content (AvgIpc) is 2.75. The van der Waals surface area contributed by atoms with E-state index in [0.29, 0.717) is 28.4 Å². The highest BCUT2D eigenvalue weighted by Gasteiger charge is 2.20. The van der Waals surface area contributed by atoms with Crippen molar-refractivity contribution < 1.29 is 28.5 Å². The largest absolute Gasteiger partial charge is 0.493 e. The molecule has 0 fully saturated rings. The number of esters is 1. The fourth-order valence-corrected chi connectivity index (χ4v) is 3.00. The SMILES string of the molecule is COc1cc(/C=C/C(=O)O[C@@H](C)C(=O)c2ccc(C(C)(C)C)cc2)cc(OC)c1OC. The Labute approximate surface area is 183 Å². The second-order valence-corrected chi connectivity index (χ2v) is 8.06. The third kappa shape index (κ3) is 6.10. The standard InChI is InChI=1S/C25H30O6/c1-16(23(27)18-9-11-19(12-10-18)25(2,3)4)31-22(26)13-8-17-14-20(28-5)24(30-7)21(15-17)29-6/h8-16H,1-7H3/b13-8+/t16-/m0/s1. The van der Waals surface area contributed by atoms with Crippen LogP contribution in [-0.4, -0.2) is 39.2 Å². The molecule has 2 rings (SSSR count). The van der Waals surface area contributed by atoms with Gasteiger partial charge in [0.05, 0.1) is 21.3 Å². The van der Waals surface area contributed by atoms with Gasteiger partial charge in [-0.2, -0.15) is 0 Å². The number of methoxy groups -OCH3 is 3. The molecule has 0 aromatic heterocycles. The number of Topliss-reactive ketones (excluding diaryl/α,β-unsaturated/α-hetero) is 1. The Morgan fingerprint density at radius 1 is 0.903 bits per heavy atom. The van der Waals surface area contributed by atoms with E-state index in [1.54, 1.807) is 37.3 Å². The van der Waals surface area contributed by atoms with Crippen LogP contribution in [0.4, 0.5) is 0 Å². The highest BCUT2D eigenvalue weighted by Crippen LogP contribution is 2.38. The lowest BCUT2D eigenvalue weighted by molar-refractivity contribution is -0.140. The van der Waals surface area contributed by atoms with Gasteiger partial charge in [0.1, 0.15) is 0 Å². The summed E-state index contributed by atoms with van der Waals surface area (Å²) >= 11 is 0. The topological polar surface area (TPSA) is 71.1 Å². The minimum absolute atomic E-state index is 0.00271. The van der Waals surface area contributed by atoms with Crippen LogP contribution in [0.25, 0.3) is 6.08 Å². The first-order valence-corrected chi connectivity index (χ1v) is 9.94. The molecule has 0 saturated carbocycles. The first kappa shape index (κ1) is 24.0. The van der Waals surface area contributed by atoms with Crippen molar-refractivity contribution in [1.82, 2.24) is 0 Å². The lowest BCUT2D eigenvalue weighted by Gasteiger charge is -2.19. The molecule has 0 heterocycles. The second-order valence-electron chi connectivity index (χ2n) is 8.06. The van der Waals surface area contributed by atoms with Crippen LogP contribution in [-0.2, 0) is 14.9 Å². The summed E-state index contributed by atoms with van der Waals surface area (Å²) in [5.41, 5.74) is 2.28. The third-order valence-electron chi connectivity index (χ3n) is 4.80. The maximum Gasteiger partial charge on any atom is 0.331 e. The Bertz CT molecular complexity index is 926. The van der Waals surface area contributed by atoms with Gasteiger partial charge in [0, 0.05) is 11.6 Å². The molecule has 6 nitrogen and oxygen atoms in total. The third-order valence-corrected chi connectivity index (χ3v) is 4.80. The van der Waals surface area contributed by atoms with Crippen LogP contribution in [0.3, 0.4) is 0 Å². The molecule has 0 aliphatic carbocycles. The van der Waals surface area contributed by atoms with E-state index in [1.165, 1.54) is 27.4 Å². The molecule has 0 radical (unpaired) electrons. The zero-order valence-electron chi connectivity index (χ0n) is 19.1. The van der Waals surface area contributed by atoms with Crippen molar-refractivity contribution in [1.29, 1.82) is 0 Å². The Morgan fingerprint density at radius 3 is 1.90 bits per heavy atom. The monoisotopic (exact) mass is 426 g/mol. The summed E-state index contributed by atoms with van der Waals surface area (Å²) in [7, 11) is 4.54. The molecular formula is C25H30O6. The van der Waals surface area contributed by atoms with Crippen LogP contribution < -0.4 is 14.2 Å². The Morgan fingerprint density at radius 2 is 1.45 bits per heavy atom. The summed E-state index contributed by atoms with van der Waals surface area (Å²) in [6, 6.07) is 10.8. The molecule has 0 aliphatic rings. The van der Waals surface area contributed by atoms with Crippen molar-refractivity contribution in [3.05, 3.63) is 59.2 Å². The summed E-state index contributed by atoms with van der Waals surface area (Å²) in [5, 5.41) is 0. The number of ether oxygens (including phenoxy) is 4. The fourth-order valence-electron chi connectivity index (χ4n) is 3.00. The first-order chi connectivity index (χ1) is 14.6. The van der Waals surface area contributed by atoms with Gasteiger partial charge in [0.15, 0.2) is 17.6 Å². The van der Waals surface area contributed by atoms with Crippen molar-refractivity contribution in [2.24, 2.45) is 0 Å². The van der Waals surface area contributed by atoms with Crippen LogP contribution in [0, 0.1) is 0 Å². The molecule has 0 spiro atoms. The number of hydrogen-bond donors (Lipinski definition) is 0. The molecule has 1 atom stereocenters. The summed E-state index contributed by atoms with van der Waals surface area (Å²) in [6.45, 7) is 7.88. The van der Waals surface area contributed by atoms with Gasteiger partial charge in [-0.25, -0.2) is 4.79 Å². The van der Waals surface area contributed by atoms with Gasteiger partial charge in [0.25, 0.3) is 0 Å². The van der Waals surface area contributed by atoms with Gasteiger partial charge in [-0.15, -0.1) is 0 Å². The van der Waals surface area contributed by atoms with Gasteiger partial charge in [-0.1, -0.05) is 45.0 Å². The maximum absolute atomic E-state index is 12.6. The van der Waals surface area contributed by atoms with Crippen LogP contribution in [0.5, 0.6) is 17.2 Å². The Kier molecular flexibility index (Phi) is 7.86. The number of benzene rings is 2. The van der Waals surface area contributed by atoms with Crippen molar-refractivity contribution >= 4 is 17.8 Å². The fraction of sp³-hybridized carbons (Fsp3) is 0.360. The summed E-state index contributed by atoms with van der Waals surface area (Å²) in [6.07, 6.45) is 1.91. The van der Waals surface area contributed by atoms with E-state index in [-0.39, 0.29) is 11.2 Å². The molecule has 0 bridgehead atoms. The molecule has 0 aliphatic heterocycles. The van der Waals surface area contributed by atoms with E-state index >= 15 is 0 Å². The van der Waals surface area contributed by atoms with E-state index in [2.05, 4.69) is 20.8 Å². The van der Waals surface area contributed by atoms with Gasteiger partial charge in [-0.3, -0.25) is 4.79 Å². The zero-order chi connectivity index (χ0) is 23.2. The Balaban J connectivity index is 2.08. The molecule has 2 aromatic rings. The quantitative estimate of drug-likeness (QED) is 0.342. The van der Waals surface area contributed by atoms with Crippen molar-refractivity contribution in [3.8, 4) is 17.2 Å². The molecule has 2 aromatic carbocycles. The van der Waals surface area contributed by atoms with Crippen LogP contribution in [0.2, 0.25) is 0 Å². The minimum Gasteiger partial charge on any atom is -0.493 e. The zero-order valence-corrected chi connectivity index (χ0v) is 19.1. The van der Waals surface area contributed by atoms with E-state index < -0.39 is 12.1 Å². The van der Waals surface area contributed by atoms with Crippen LogP contribution in [0.15, 0.2) is 42.5 Å². The normalized spacial score (nSPS) is 12.4. The molecule has 0 unspecified atom stereocenters. The summed E-state index contributed by atoms with van der Waals surface area (Å²) in [4.78, 5) is 24.8. The lowest BCUT2D eigenvalue weighted by atomic mass is 9.86. The van der Waals surface area contributed by atoms with Crippen LogP contribution in [0.1, 0.15) is 49.2 Å². The van der Waals surface area contributed by atoms with Crippen molar-refractivity contribution in [2.75, 3.05) is 21.3 Å². The van der Waals surface area contributed by atoms with Gasteiger partial charge < -0.3 is 18.9 Å². The predicted molar refractivity (Wildman–Crippen MR) is 120 cm³/mol. The van der Waals surface area contributed by atoms with Gasteiger partial charge >= 0.3 is 5.97 Å². The minimum atomic E-state index is -0.905. The van der Waals surface area contributed by atoms with E-state index in [4.69, 9.17) is 18.9 Å². The van der Waals surface area contributed by atoms with E-state index in [9.17, 15) is 9.59 Å². The number of carbonyl (C=O) groups is 2. The molecule has 0 saturated heterocycles. The Hall–Kier alpha value is -3.28. The maximum atomic E-state index is 12.6.